The molecule has 0 heterocycles. The topological polar surface area (TPSA) is 40.9 Å². The summed E-state index contributed by atoms with van der Waals surface area (Å²) in [5, 5.41) is 8.60. The SMILES string of the molecule is CC(=O)c1cc(C)cc(F)c1C#N. The van der Waals surface area contributed by atoms with Gasteiger partial charge in [-0.3, -0.25) is 4.79 Å². The molecule has 0 amide bonds. The first-order chi connectivity index (χ1) is 6.06. The zero-order chi connectivity index (χ0) is 10.0. The minimum atomic E-state index is -0.632. The molecule has 0 atom stereocenters. The number of nitrogens with zero attached hydrogens (tertiary/aromatic N) is 1. The number of benzene rings is 1. The maximum atomic E-state index is 13.1. The number of hydrogen-bond donors (Lipinski definition) is 0. The van der Waals surface area contributed by atoms with E-state index in [2.05, 4.69) is 0 Å². The second-order valence-electron chi connectivity index (χ2n) is 2.84. The average Bonchev–Trinajstić information content (AvgIpc) is 2.02. The van der Waals surface area contributed by atoms with Gasteiger partial charge in [0.15, 0.2) is 5.78 Å². The van der Waals surface area contributed by atoms with Gasteiger partial charge in [-0.25, -0.2) is 4.39 Å². The van der Waals surface area contributed by atoms with Gasteiger partial charge in [-0.05, 0) is 31.5 Å². The summed E-state index contributed by atoms with van der Waals surface area (Å²) in [6.07, 6.45) is 0. The zero-order valence-corrected chi connectivity index (χ0v) is 7.39. The van der Waals surface area contributed by atoms with Gasteiger partial charge >= 0.3 is 0 Å². The van der Waals surface area contributed by atoms with E-state index in [4.69, 9.17) is 5.26 Å². The van der Waals surface area contributed by atoms with E-state index >= 15 is 0 Å². The molecule has 1 aromatic carbocycles. The number of Topliss-reactive ketones (excluding diaryl/α,β-unsaturated/α-hetero) is 1. The number of aryl methyl sites for hydroxylation is 1. The second-order valence-corrected chi connectivity index (χ2v) is 2.84. The Morgan fingerprint density at radius 1 is 1.54 bits per heavy atom. The van der Waals surface area contributed by atoms with Crippen LogP contribution in [0.15, 0.2) is 12.1 Å². The monoisotopic (exact) mass is 177 g/mol. The molecule has 1 aromatic rings. The average molecular weight is 177 g/mol. The van der Waals surface area contributed by atoms with Crippen molar-refractivity contribution >= 4 is 5.78 Å². The van der Waals surface area contributed by atoms with Crippen LogP contribution in [0.5, 0.6) is 0 Å². The normalized spacial score (nSPS) is 9.38. The molecule has 0 aliphatic heterocycles. The second kappa shape index (κ2) is 3.36. The lowest BCUT2D eigenvalue weighted by molar-refractivity contribution is 0.101. The third-order valence-electron chi connectivity index (χ3n) is 1.73. The van der Waals surface area contributed by atoms with Crippen LogP contribution in [0.1, 0.15) is 28.4 Å². The zero-order valence-electron chi connectivity index (χ0n) is 7.39. The van der Waals surface area contributed by atoms with Crippen molar-refractivity contribution in [3.8, 4) is 6.07 Å². The van der Waals surface area contributed by atoms with Gasteiger partial charge in [0.25, 0.3) is 0 Å². The highest BCUT2D eigenvalue weighted by molar-refractivity contribution is 5.96. The maximum absolute atomic E-state index is 13.1. The van der Waals surface area contributed by atoms with Crippen LogP contribution >= 0.6 is 0 Å². The number of nitriles is 1. The van der Waals surface area contributed by atoms with Crippen LogP contribution in [0.2, 0.25) is 0 Å². The van der Waals surface area contributed by atoms with Crippen molar-refractivity contribution in [1.29, 1.82) is 5.26 Å². The fourth-order valence-electron chi connectivity index (χ4n) is 1.13. The van der Waals surface area contributed by atoms with Crippen molar-refractivity contribution in [1.82, 2.24) is 0 Å². The van der Waals surface area contributed by atoms with Gasteiger partial charge in [0.2, 0.25) is 0 Å². The van der Waals surface area contributed by atoms with Gasteiger partial charge in [0.05, 0.1) is 5.56 Å². The molecule has 0 N–H and O–H groups in total. The number of halogens is 1. The molecule has 0 radical (unpaired) electrons. The minimum absolute atomic E-state index is 0.153. The maximum Gasteiger partial charge on any atom is 0.161 e. The summed E-state index contributed by atoms with van der Waals surface area (Å²) >= 11 is 0. The number of ketones is 1. The summed E-state index contributed by atoms with van der Waals surface area (Å²) in [6.45, 7) is 2.99. The molecule has 13 heavy (non-hydrogen) atoms. The van der Waals surface area contributed by atoms with E-state index in [1.165, 1.54) is 19.1 Å². The van der Waals surface area contributed by atoms with Crippen LogP contribution in [0.4, 0.5) is 4.39 Å². The summed E-state index contributed by atoms with van der Waals surface area (Å²) in [5.74, 6) is -0.924. The van der Waals surface area contributed by atoms with E-state index in [1.807, 2.05) is 0 Å². The molecule has 2 nitrogen and oxygen atoms in total. The summed E-state index contributed by atoms with van der Waals surface area (Å²) in [5.41, 5.74) is 0.625. The van der Waals surface area contributed by atoms with Crippen molar-refractivity contribution in [3.63, 3.8) is 0 Å². The molecule has 0 saturated carbocycles. The Morgan fingerprint density at radius 3 is 2.62 bits per heavy atom. The molecule has 0 fully saturated rings. The number of carbonyl (C=O) groups is 1. The molecule has 0 aromatic heterocycles. The predicted molar refractivity (Wildman–Crippen MR) is 45.9 cm³/mol. The molecular formula is C10H8FNO. The van der Waals surface area contributed by atoms with Gasteiger partial charge in [-0.1, -0.05) is 0 Å². The molecule has 0 saturated heterocycles. The highest BCUT2D eigenvalue weighted by atomic mass is 19.1. The van der Waals surface area contributed by atoms with Crippen molar-refractivity contribution in [3.05, 3.63) is 34.6 Å². The fourth-order valence-corrected chi connectivity index (χ4v) is 1.13. The van der Waals surface area contributed by atoms with Crippen molar-refractivity contribution in [2.75, 3.05) is 0 Å². The van der Waals surface area contributed by atoms with E-state index in [9.17, 15) is 9.18 Å². The highest BCUT2D eigenvalue weighted by Gasteiger charge is 2.12. The van der Waals surface area contributed by atoms with E-state index in [-0.39, 0.29) is 16.9 Å². The number of carbonyl (C=O) groups excluding carboxylic acids is 1. The van der Waals surface area contributed by atoms with Crippen molar-refractivity contribution in [2.24, 2.45) is 0 Å². The van der Waals surface area contributed by atoms with Crippen molar-refractivity contribution in [2.45, 2.75) is 13.8 Å². The molecular weight excluding hydrogens is 169 g/mol. The number of rotatable bonds is 1. The molecule has 0 unspecified atom stereocenters. The van der Waals surface area contributed by atoms with Gasteiger partial charge in [0, 0.05) is 5.56 Å². The van der Waals surface area contributed by atoms with Crippen LogP contribution in [-0.4, -0.2) is 5.78 Å². The Kier molecular flexibility index (Phi) is 2.43. The van der Waals surface area contributed by atoms with Gasteiger partial charge in [-0.15, -0.1) is 0 Å². The third-order valence-corrected chi connectivity index (χ3v) is 1.73. The Balaban J connectivity index is 3.50. The minimum Gasteiger partial charge on any atom is -0.294 e. The standard InChI is InChI=1S/C10H8FNO/c1-6-3-8(7(2)13)9(5-12)10(11)4-6/h3-4H,1-2H3. The van der Waals surface area contributed by atoms with Gasteiger partial charge < -0.3 is 0 Å². The Labute approximate surface area is 75.6 Å². The largest absolute Gasteiger partial charge is 0.294 e. The molecule has 0 aliphatic carbocycles. The molecule has 66 valence electrons. The predicted octanol–water partition coefficient (Wildman–Crippen LogP) is 2.21. The molecule has 0 aliphatic rings. The summed E-state index contributed by atoms with van der Waals surface area (Å²) < 4.78 is 13.1. The quantitative estimate of drug-likeness (QED) is 0.617. The molecule has 0 spiro atoms. The first kappa shape index (κ1) is 9.40. The third kappa shape index (κ3) is 1.73. The van der Waals surface area contributed by atoms with Crippen LogP contribution in [0, 0.1) is 24.1 Å². The highest BCUT2D eigenvalue weighted by Crippen LogP contribution is 2.15. The lowest BCUT2D eigenvalue weighted by Crippen LogP contribution is -2.00. The Hall–Kier alpha value is -1.69. The van der Waals surface area contributed by atoms with Crippen molar-refractivity contribution < 1.29 is 9.18 Å². The lowest BCUT2D eigenvalue weighted by atomic mass is 10.0. The van der Waals surface area contributed by atoms with Gasteiger partial charge in [-0.2, -0.15) is 5.26 Å². The number of hydrogen-bond acceptors (Lipinski definition) is 2. The van der Waals surface area contributed by atoms with E-state index in [0.717, 1.165) is 0 Å². The molecule has 1 rings (SSSR count). The van der Waals surface area contributed by atoms with E-state index in [0.29, 0.717) is 5.56 Å². The lowest BCUT2D eigenvalue weighted by Gasteiger charge is -2.02. The first-order valence-electron chi connectivity index (χ1n) is 3.77. The Bertz CT molecular complexity index is 404. The molecule has 0 bridgehead atoms. The smallest absolute Gasteiger partial charge is 0.161 e. The summed E-state index contributed by atoms with van der Waals surface area (Å²) in [6, 6.07) is 4.44. The van der Waals surface area contributed by atoms with E-state index < -0.39 is 5.82 Å². The summed E-state index contributed by atoms with van der Waals surface area (Å²) in [7, 11) is 0. The summed E-state index contributed by atoms with van der Waals surface area (Å²) in [4.78, 5) is 11.0. The van der Waals surface area contributed by atoms with E-state index in [1.54, 1.807) is 13.0 Å². The fraction of sp³-hybridized carbons (Fsp3) is 0.200. The van der Waals surface area contributed by atoms with Crippen LogP contribution < -0.4 is 0 Å². The van der Waals surface area contributed by atoms with Crippen LogP contribution in [-0.2, 0) is 0 Å². The van der Waals surface area contributed by atoms with Crippen LogP contribution in [0.3, 0.4) is 0 Å². The first-order valence-corrected chi connectivity index (χ1v) is 3.77. The molecule has 3 heteroatoms. The van der Waals surface area contributed by atoms with Crippen LogP contribution in [0.25, 0.3) is 0 Å². The Morgan fingerprint density at radius 2 is 2.15 bits per heavy atom. The van der Waals surface area contributed by atoms with Gasteiger partial charge in [0.1, 0.15) is 11.9 Å².